The van der Waals surface area contributed by atoms with Gasteiger partial charge in [-0.15, -0.1) is 0 Å². The molecule has 0 radical (unpaired) electrons. The first kappa shape index (κ1) is 16.2. The van der Waals surface area contributed by atoms with E-state index in [1.807, 2.05) is 12.1 Å². The van der Waals surface area contributed by atoms with Gasteiger partial charge in [-0.25, -0.2) is 0 Å². The van der Waals surface area contributed by atoms with E-state index in [9.17, 15) is 0 Å². The quantitative estimate of drug-likeness (QED) is 0.895. The molecule has 0 amide bonds. The van der Waals surface area contributed by atoms with Crippen molar-refractivity contribution in [3.63, 3.8) is 0 Å². The summed E-state index contributed by atoms with van der Waals surface area (Å²) in [5.74, 6) is 2.42. The molecule has 1 saturated carbocycles. The van der Waals surface area contributed by atoms with E-state index in [0.29, 0.717) is 12.5 Å². The molecule has 3 nitrogen and oxygen atoms in total. The maximum absolute atomic E-state index is 6.29. The lowest BCUT2D eigenvalue weighted by molar-refractivity contribution is 0.242. The summed E-state index contributed by atoms with van der Waals surface area (Å²) < 4.78 is 11.4. The molecule has 2 rings (SSSR count). The molecular formula is C18H29NO2. The second-order valence-electron chi connectivity index (χ2n) is 7.13. The van der Waals surface area contributed by atoms with Gasteiger partial charge in [0, 0.05) is 11.6 Å². The van der Waals surface area contributed by atoms with Gasteiger partial charge in [-0.3, -0.25) is 0 Å². The van der Waals surface area contributed by atoms with Crippen molar-refractivity contribution in [2.45, 2.75) is 57.9 Å². The highest BCUT2D eigenvalue weighted by atomic mass is 16.5. The first-order valence-electron chi connectivity index (χ1n) is 7.98. The summed E-state index contributed by atoms with van der Waals surface area (Å²) in [5.41, 5.74) is 7.47. The van der Waals surface area contributed by atoms with Crippen molar-refractivity contribution < 1.29 is 9.47 Å². The maximum atomic E-state index is 6.29. The van der Waals surface area contributed by atoms with Crippen molar-refractivity contribution in [2.24, 2.45) is 11.7 Å². The van der Waals surface area contributed by atoms with Crippen molar-refractivity contribution in [1.29, 1.82) is 0 Å². The zero-order chi connectivity index (χ0) is 15.5. The van der Waals surface area contributed by atoms with Gasteiger partial charge in [0.2, 0.25) is 0 Å². The Labute approximate surface area is 128 Å². The van der Waals surface area contributed by atoms with Crippen molar-refractivity contribution in [3.05, 3.63) is 23.8 Å². The molecule has 0 saturated heterocycles. The molecular weight excluding hydrogens is 262 g/mol. The van der Waals surface area contributed by atoms with Crippen LogP contribution in [0.1, 0.15) is 52.0 Å². The van der Waals surface area contributed by atoms with E-state index in [1.54, 1.807) is 7.11 Å². The third-order valence-corrected chi connectivity index (χ3v) is 4.43. The summed E-state index contributed by atoms with van der Waals surface area (Å²) >= 11 is 0. The molecule has 1 fully saturated rings. The lowest BCUT2D eigenvalue weighted by Gasteiger charge is -2.25. The first-order chi connectivity index (χ1) is 9.91. The molecule has 0 aliphatic heterocycles. The second-order valence-corrected chi connectivity index (χ2v) is 7.13. The minimum atomic E-state index is 0.0152. The van der Waals surface area contributed by atoms with Crippen LogP contribution >= 0.6 is 0 Å². The summed E-state index contributed by atoms with van der Waals surface area (Å²) in [5, 5.41) is 0. The largest absolute Gasteiger partial charge is 0.497 e. The minimum Gasteiger partial charge on any atom is -0.497 e. The van der Waals surface area contributed by atoms with E-state index in [2.05, 4.69) is 26.8 Å². The normalized spacial score (nSPS) is 17.8. The lowest BCUT2D eigenvalue weighted by atomic mass is 9.86. The Bertz CT molecular complexity index is 459. The fourth-order valence-electron chi connectivity index (χ4n) is 3.06. The van der Waals surface area contributed by atoms with E-state index in [-0.39, 0.29) is 11.5 Å². The van der Waals surface area contributed by atoms with Crippen LogP contribution in [0.4, 0.5) is 0 Å². The summed E-state index contributed by atoms with van der Waals surface area (Å²) in [6.07, 6.45) is 5.13. The van der Waals surface area contributed by atoms with Crippen molar-refractivity contribution in [3.8, 4) is 11.5 Å². The topological polar surface area (TPSA) is 44.5 Å². The zero-order valence-electron chi connectivity index (χ0n) is 13.8. The van der Waals surface area contributed by atoms with Crippen molar-refractivity contribution >= 4 is 0 Å². The van der Waals surface area contributed by atoms with Gasteiger partial charge < -0.3 is 15.2 Å². The monoisotopic (exact) mass is 291 g/mol. The molecule has 1 aliphatic rings. The molecule has 1 aromatic rings. The Morgan fingerprint density at radius 2 is 1.90 bits per heavy atom. The number of benzene rings is 1. The molecule has 1 aliphatic carbocycles. The van der Waals surface area contributed by atoms with Crippen LogP contribution in [0.5, 0.6) is 11.5 Å². The molecule has 21 heavy (non-hydrogen) atoms. The van der Waals surface area contributed by atoms with E-state index in [0.717, 1.165) is 11.5 Å². The highest BCUT2D eigenvalue weighted by Crippen LogP contribution is 2.35. The number of ether oxygens (including phenoxy) is 2. The number of hydrogen-bond acceptors (Lipinski definition) is 3. The fraction of sp³-hybridized carbons (Fsp3) is 0.667. The average Bonchev–Trinajstić information content (AvgIpc) is 2.97. The third kappa shape index (κ3) is 4.13. The van der Waals surface area contributed by atoms with Crippen LogP contribution in [0.2, 0.25) is 0 Å². The average molecular weight is 291 g/mol. The molecule has 118 valence electrons. The summed E-state index contributed by atoms with van der Waals surface area (Å²) in [6, 6.07) is 6.16. The number of methoxy groups -OCH3 is 1. The van der Waals surface area contributed by atoms with Gasteiger partial charge in [0.1, 0.15) is 18.1 Å². The van der Waals surface area contributed by atoms with Crippen LogP contribution in [-0.2, 0) is 5.41 Å². The summed E-state index contributed by atoms with van der Waals surface area (Å²) in [7, 11) is 1.69. The molecule has 0 bridgehead atoms. The van der Waals surface area contributed by atoms with E-state index in [4.69, 9.17) is 15.2 Å². The summed E-state index contributed by atoms with van der Waals surface area (Å²) in [4.78, 5) is 0. The van der Waals surface area contributed by atoms with E-state index in [1.165, 1.54) is 31.2 Å². The molecule has 0 aromatic heterocycles. The molecule has 1 aromatic carbocycles. The molecule has 1 unspecified atom stereocenters. The second kappa shape index (κ2) is 6.69. The highest BCUT2D eigenvalue weighted by molar-refractivity contribution is 5.44. The van der Waals surface area contributed by atoms with Gasteiger partial charge in [0.15, 0.2) is 0 Å². The van der Waals surface area contributed by atoms with Gasteiger partial charge in [-0.2, -0.15) is 0 Å². The van der Waals surface area contributed by atoms with Crippen LogP contribution in [0.15, 0.2) is 18.2 Å². The third-order valence-electron chi connectivity index (χ3n) is 4.43. The van der Waals surface area contributed by atoms with Crippen molar-refractivity contribution in [2.75, 3.05) is 13.7 Å². The molecule has 1 atom stereocenters. The van der Waals surface area contributed by atoms with Gasteiger partial charge in [0.25, 0.3) is 0 Å². The molecule has 3 heteroatoms. The van der Waals surface area contributed by atoms with Gasteiger partial charge in [-0.1, -0.05) is 33.6 Å². The Morgan fingerprint density at radius 3 is 2.48 bits per heavy atom. The van der Waals surface area contributed by atoms with Gasteiger partial charge in [-0.05, 0) is 42.4 Å². The van der Waals surface area contributed by atoms with Gasteiger partial charge in [0.05, 0.1) is 7.11 Å². The Balaban J connectivity index is 2.08. The van der Waals surface area contributed by atoms with Crippen LogP contribution in [-0.4, -0.2) is 19.8 Å². The van der Waals surface area contributed by atoms with E-state index >= 15 is 0 Å². The van der Waals surface area contributed by atoms with Gasteiger partial charge >= 0.3 is 0 Å². The number of hydrogen-bond donors (Lipinski definition) is 1. The standard InChI is InChI=1S/C18H29NO2/c1-18(2,3)15-11-14(20-4)9-10-17(15)21-12-16(19)13-7-5-6-8-13/h9-11,13,16H,5-8,12,19H2,1-4H3. The van der Waals surface area contributed by atoms with E-state index < -0.39 is 0 Å². The fourth-order valence-corrected chi connectivity index (χ4v) is 3.06. The zero-order valence-corrected chi connectivity index (χ0v) is 13.8. The highest BCUT2D eigenvalue weighted by Gasteiger charge is 2.24. The Morgan fingerprint density at radius 1 is 1.24 bits per heavy atom. The van der Waals surface area contributed by atoms with Crippen molar-refractivity contribution in [1.82, 2.24) is 0 Å². The maximum Gasteiger partial charge on any atom is 0.123 e. The molecule has 0 spiro atoms. The van der Waals surface area contributed by atoms with Crippen LogP contribution in [0.3, 0.4) is 0 Å². The Hall–Kier alpha value is -1.22. The lowest BCUT2D eigenvalue weighted by Crippen LogP contribution is -2.35. The number of nitrogens with two attached hydrogens (primary N) is 1. The van der Waals surface area contributed by atoms with Crippen LogP contribution in [0.25, 0.3) is 0 Å². The summed E-state index contributed by atoms with van der Waals surface area (Å²) in [6.45, 7) is 7.16. The smallest absolute Gasteiger partial charge is 0.123 e. The Kier molecular flexibility index (Phi) is 5.15. The molecule has 2 N–H and O–H groups in total. The minimum absolute atomic E-state index is 0.0152. The number of rotatable bonds is 5. The molecule has 0 heterocycles. The van der Waals surface area contributed by atoms with Crippen LogP contribution in [0, 0.1) is 5.92 Å². The predicted molar refractivity (Wildman–Crippen MR) is 87.1 cm³/mol. The van der Waals surface area contributed by atoms with Crippen LogP contribution < -0.4 is 15.2 Å². The SMILES string of the molecule is COc1ccc(OCC(N)C2CCCC2)c(C(C)(C)C)c1. The first-order valence-corrected chi connectivity index (χ1v) is 7.98. The predicted octanol–water partition coefficient (Wildman–Crippen LogP) is 3.89.